The highest BCUT2D eigenvalue weighted by Crippen LogP contribution is 2.62. The van der Waals surface area contributed by atoms with Crippen LogP contribution in [-0.4, -0.2) is 30.1 Å². The fraction of sp³-hybridized carbons (Fsp3) is 0.905. The molecule has 1 aliphatic heterocycles. The van der Waals surface area contributed by atoms with E-state index in [1.54, 1.807) is 0 Å². The van der Waals surface area contributed by atoms with Crippen LogP contribution in [0.4, 0.5) is 0 Å². The van der Waals surface area contributed by atoms with Gasteiger partial charge in [0.15, 0.2) is 0 Å². The minimum absolute atomic E-state index is 0.0434. The van der Waals surface area contributed by atoms with E-state index in [0.29, 0.717) is 36.4 Å². The first-order valence-electron chi connectivity index (χ1n) is 10.2. The van der Waals surface area contributed by atoms with E-state index >= 15 is 0 Å². The summed E-state index contributed by atoms with van der Waals surface area (Å²) in [4.78, 5) is 24.0. The molecule has 6 unspecified atom stereocenters. The highest BCUT2D eigenvalue weighted by Gasteiger charge is 2.55. The SMILES string of the molecule is CC12CCC(CCC(=O)CC(=O)OCC3CCC4(C)OC4C3)CC1C2. The Balaban J connectivity index is 1.09. The maximum Gasteiger partial charge on any atom is 0.313 e. The predicted molar refractivity (Wildman–Crippen MR) is 94.0 cm³/mol. The highest BCUT2D eigenvalue weighted by molar-refractivity contribution is 5.95. The normalized spacial score (nSPS) is 44.4. The van der Waals surface area contributed by atoms with Gasteiger partial charge in [-0.2, -0.15) is 0 Å². The minimum atomic E-state index is -0.339. The monoisotopic (exact) mass is 348 g/mol. The lowest BCUT2D eigenvalue weighted by Gasteiger charge is -2.25. The summed E-state index contributed by atoms with van der Waals surface area (Å²) in [5.74, 6) is 1.70. The van der Waals surface area contributed by atoms with Gasteiger partial charge in [0.2, 0.25) is 0 Å². The van der Waals surface area contributed by atoms with Crippen LogP contribution >= 0.6 is 0 Å². The van der Waals surface area contributed by atoms with Gasteiger partial charge in [0.05, 0.1) is 18.3 Å². The maximum atomic E-state index is 12.1. The van der Waals surface area contributed by atoms with E-state index in [9.17, 15) is 9.59 Å². The van der Waals surface area contributed by atoms with Crippen molar-refractivity contribution in [2.24, 2.45) is 23.2 Å². The second-order valence-corrected chi connectivity index (χ2v) is 9.69. The molecule has 0 bridgehead atoms. The topological polar surface area (TPSA) is 55.9 Å². The second kappa shape index (κ2) is 6.37. The number of carbonyl (C=O) groups is 2. The first-order chi connectivity index (χ1) is 11.9. The molecule has 3 saturated carbocycles. The van der Waals surface area contributed by atoms with Gasteiger partial charge < -0.3 is 9.47 Å². The fourth-order valence-electron chi connectivity index (χ4n) is 5.24. The van der Waals surface area contributed by atoms with Crippen LogP contribution in [0.5, 0.6) is 0 Å². The number of fused-ring (bicyclic) bond motifs is 2. The maximum absolute atomic E-state index is 12.1. The van der Waals surface area contributed by atoms with Crippen molar-refractivity contribution in [2.45, 2.75) is 89.8 Å². The van der Waals surface area contributed by atoms with Crippen LogP contribution in [0.25, 0.3) is 0 Å². The van der Waals surface area contributed by atoms with Crippen molar-refractivity contribution < 1.29 is 19.1 Å². The number of ketones is 1. The van der Waals surface area contributed by atoms with E-state index in [2.05, 4.69) is 13.8 Å². The zero-order chi connectivity index (χ0) is 17.7. The summed E-state index contributed by atoms with van der Waals surface area (Å²) in [5.41, 5.74) is 0.736. The van der Waals surface area contributed by atoms with E-state index in [1.807, 2.05) is 0 Å². The average molecular weight is 348 g/mol. The van der Waals surface area contributed by atoms with Gasteiger partial charge in [0, 0.05) is 6.42 Å². The van der Waals surface area contributed by atoms with Gasteiger partial charge in [0.1, 0.15) is 12.2 Å². The third-order valence-electron chi connectivity index (χ3n) is 7.56. The molecule has 4 rings (SSSR count). The van der Waals surface area contributed by atoms with Gasteiger partial charge >= 0.3 is 5.97 Å². The van der Waals surface area contributed by atoms with Crippen LogP contribution in [0, 0.1) is 23.2 Å². The number of hydrogen-bond acceptors (Lipinski definition) is 4. The summed E-state index contributed by atoms with van der Waals surface area (Å²) in [6, 6.07) is 0. The number of Topliss-reactive ketones (excluding diaryl/α,β-unsaturated/α-hetero) is 1. The van der Waals surface area contributed by atoms with Crippen molar-refractivity contribution in [2.75, 3.05) is 6.61 Å². The molecule has 4 nitrogen and oxygen atoms in total. The van der Waals surface area contributed by atoms with Crippen LogP contribution in [0.2, 0.25) is 0 Å². The molecule has 4 heteroatoms. The largest absolute Gasteiger partial charge is 0.465 e. The molecule has 0 amide bonds. The molecule has 0 N–H and O–H groups in total. The van der Waals surface area contributed by atoms with Crippen LogP contribution in [-0.2, 0) is 19.1 Å². The molecule has 0 spiro atoms. The number of epoxide rings is 1. The first kappa shape index (κ1) is 17.5. The number of ether oxygens (including phenoxy) is 2. The quantitative estimate of drug-likeness (QED) is 0.396. The zero-order valence-corrected chi connectivity index (χ0v) is 15.7. The minimum Gasteiger partial charge on any atom is -0.465 e. The molecule has 4 fully saturated rings. The van der Waals surface area contributed by atoms with Crippen molar-refractivity contribution in [3.05, 3.63) is 0 Å². The third kappa shape index (κ3) is 3.94. The molecule has 0 aromatic heterocycles. The lowest BCUT2D eigenvalue weighted by Crippen LogP contribution is -2.25. The lowest BCUT2D eigenvalue weighted by atomic mass is 9.80. The van der Waals surface area contributed by atoms with Crippen LogP contribution < -0.4 is 0 Å². The number of hydrogen-bond donors (Lipinski definition) is 0. The summed E-state index contributed by atoms with van der Waals surface area (Å²) >= 11 is 0. The molecule has 6 atom stereocenters. The molecule has 25 heavy (non-hydrogen) atoms. The Morgan fingerprint density at radius 3 is 2.68 bits per heavy atom. The number of carbonyl (C=O) groups excluding carboxylic acids is 2. The molecule has 1 saturated heterocycles. The van der Waals surface area contributed by atoms with Gasteiger partial charge in [-0.25, -0.2) is 0 Å². The zero-order valence-electron chi connectivity index (χ0n) is 15.7. The van der Waals surface area contributed by atoms with Crippen LogP contribution in [0.3, 0.4) is 0 Å². The van der Waals surface area contributed by atoms with Gasteiger partial charge in [0.25, 0.3) is 0 Å². The Morgan fingerprint density at radius 1 is 1.12 bits per heavy atom. The van der Waals surface area contributed by atoms with E-state index in [1.165, 1.54) is 25.7 Å². The Hall–Kier alpha value is -0.900. The number of esters is 1. The van der Waals surface area contributed by atoms with Crippen molar-refractivity contribution in [1.29, 1.82) is 0 Å². The Morgan fingerprint density at radius 2 is 1.92 bits per heavy atom. The molecule has 3 aliphatic carbocycles. The van der Waals surface area contributed by atoms with Crippen LogP contribution in [0.15, 0.2) is 0 Å². The fourth-order valence-corrected chi connectivity index (χ4v) is 5.24. The Labute approximate surface area is 151 Å². The standard InChI is InChI=1S/C21H32O4/c1-20-7-5-14(9-16(20)12-20)3-4-17(22)11-19(23)24-13-15-6-8-21(2)18(10-15)25-21/h14-16,18H,3-13H2,1-2H3. The third-order valence-corrected chi connectivity index (χ3v) is 7.56. The predicted octanol–water partition coefficient (Wildman–Crippen LogP) is 4.05. The molecule has 140 valence electrons. The summed E-state index contributed by atoms with van der Waals surface area (Å²) in [5, 5.41) is 0. The van der Waals surface area contributed by atoms with E-state index in [0.717, 1.165) is 31.6 Å². The second-order valence-electron chi connectivity index (χ2n) is 9.69. The van der Waals surface area contributed by atoms with Crippen molar-refractivity contribution in [3.63, 3.8) is 0 Å². The Bertz CT molecular complexity index is 510. The van der Waals surface area contributed by atoms with Gasteiger partial charge in [-0.3, -0.25) is 9.59 Å². The molecular weight excluding hydrogens is 316 g/mol. The molecule has 0 aromatic rings. The Kier molecular flexibility index (Phi) is 4.46. The highest BCUT2D eigenvalue weighted by atomic mass is 16.6. The van der Waals surface area contributed by atoms with Gasteiger partial charge in [-0.15, -0.1) is 0 Å². The summed E-state index contributed by atoms with van der Waals surface area (Å²) in [7, 11) is 0. The van der Waals surface area contributed by atoms with E-state index in [-0.39, 0.29) is 23.8 Å². The molecular formula is C21H32O4. The van der Waals surface area contributed by atoms with Crippen molar-refractivity contribution >= 4 is 11.8 Å². The smallest absolute Gasteiger partial charge is 0.313 e. The summed E-state index contributed by atoms with van der Waals surface area (Å²) in [6.45, 7) is 5.01. The van der Waals surface area contributed by atoms with Crippen molar-refractivity contribution in [1.82, 2.24) is 0 Å². The van der Waals surface area contributed by atoms with Gasteiger partial charge in [-0.05, 0) is 81.5 Å². The van der Waals surface area contributed by atoms with E-state index in [4.69, 9.17) is 9.47 Å². The molecule has 0 radical (unpaired) electrons. The summed E-state index contributed by atoms with van der Waals surface area (Å²) < 4.78 is 11.0. The van der Waals surface area contributed by atoms with E-state index < -0.39 is 0 Å². The van der Waals surface area contributed by atoms with Crippen LogP contribution in [0.1, 0.15) is 78.1 Å². The number of rotatable bonds is 7. The van der Waals surface area contributed by atoms with Crippen molar-refractivity contribution in [3.8, 4) is 0 Å². The summed E-state index contributed by atoms with van der Waals surface area (Å²) in [6.07, 6.45) is 10.2. The average Bonchev–Trinajstić information content (AvgIpc) is 3.43. The molecule has 1 heterocycles. The first-order valence-corrected chi connectivity index (χ1v) is 10.2. The molecule has 4 aliphatic rings. The van der Waals surface area contributed by atoms with Gasteiger partial charge in [-0.1, -0.05) is 6.92 Å². The lowest BCUT2D eigenvalue weighted by molar-refractivity contribution is -0.147. The molecule has 0 aromatic carbocycles.